The largest absolute Gasteiger partial charge is 0.871 e. The summed E-state index contributed by atoms with van der Waals surface area (Å²) in [4.78, 5) is 70.4. The molecule has 3 aliphatic carbocycles. The lowest BCUT2D eigenvalue weighted by Gasteiger charge is -2.40. The lowest BCUT2D eigenvalue weighted by Crippen LogP contribution is -2.46. The molecule has 14 heteroatoms. The summed E-state index contributed by atoms with van der Waals surface area (Å²) in [6, 6.07) is 4.00. The van der Waals surface area contributed by atoms with Crippen molar-refractivity contribution in [3.8, 4) is 0 Å². The van der Waals surface area contributed by atoms with Crippen molar-refractivity contribution in [3.63, 3.8) is 0 Å². The lowest BCUT2D eigenvalue weighted by molar-refractivity contribution is -0.292. The predicted molar refractivity (Wildman–Crippen MR) is 242 cm³/mol. The fraction of sp³-hybridized carbons (Fsp3) is 0.600. The molecule has 342 valence electrons. The molecule has 0 saturated heterocycles. The molecule has 4 heterocycles. The maximum Gasteiger partial charge on any atom is 0.407 e. The van der Waals surface area contributed by atoms with E-state index in [0.717, 1.165) is 162 Å². The topological polar surface area (TPSA) is 181 Å². The molecule has 0 spiro atoms. The van der Waals surface area contributed by atoms with Crippen molar-refractivity contribution in [1.29, 1.82) is 0 Å². The first-order valence-corrected chi connectivity index (χ1v) is 24.3. The van der Waals surface area contributed by atoms with Gasteiger partial charge >= 0.3 is 12.2 Å². The Morgan fingerprint density at radius 1 is 0.688 bits per heavy atom. The normalized spacial score (nSPS) is 21.4. The number of nitrogens with zero attached hydrogens (tertiary/aromatic N) is 2. The van der Waals surface area contributed by atoms with Gasteiger partial charge in [0.1, 0.15) is 25.3 Å². The zero-order valence-corrected chi connectivity index (χ0v) is 37.6. The molecular formula is C50H64N6O8. The van der Waals surface area contributed by atoms with Gasteiger partial charge in [-0.15, -0.1) is 0 Å². The quantitative estimate of drug-likeness (QED) is 0.230. The van der Waals surface area contributed by atoms with Gasteiger partial charge in [0.25, 0.3) is 0 Å². The van der Waals surface area contributed by atoms with Crippen LogP contribution >= 0.6 is 0 Å². The van der Waals surface area contributed by atoms with Gasteiger partial charge in [0.2, 0.25) is 17.2 Å². The van der Waals surface area contributed by atoms with Crippen molar-refractivity contribution in [2.24, 2.45) is 0 Å². The molecule has 4 N–H and O–H groups in total. The van der Waals surface area contributed by atoms with Crippen molar-refractivity contribution in [1.82, 2.24) is 15.2 Å². The number of carbonyl (C=O) groups excluding carboxylic acids is 5. The van der Waals surface area contributed by atoms with Gasteiger partial charge in [0.15, 0.2) is 5.78 Å². The van der Waals surface area contributed by atoms with Gasteiger partial charge in [-0.2, -0.15) is 0 Å². The molecule has 2 fully saturated rings. The molecule has 2 aromatic carbocycles. The minimum Gasteiger partial charge on any atom is -0.871 e. The van der Waals surface area contributed by atoms with Crippen LogP contribution in [0, 0.1) is 0 Å². The third-order valence-corrected chi connectivity index (χ3v) is 14.4. The van der Waals surface area contributed by atoms with Crippen LogP contribution in [0.25, 0.3) is 11.1 Å². The minimum absolute atomic E-state index is 0.0273. The van der Waals surface area contributed by atoms with E-state index in [-0.39, 0.29) is 47.9 Å². The molecule has 2 saturated carbocycles. The predicted octanol–water partition coefficient (Wildman–Crippen LogP) is 4.83. The highest BCUT2D eigenvalue weighted by atomic mass is 16.6. The number of nitrogens with one attached hydrogen (secondary N) is 4. The summed E-state index contributed by atoms with van der Waals surface area (Å²) in [5.41, 5.74) is 6.44. The molecule has 0 bridgehead atoms. The number of ether oxygens (including phenoxy) is 2. The van der Waals surface area contributed by atoms with E-state index in [4.69, 9.17) is 9.47 Å². The number of anilines is 3. The van der Waals surface area contributed by atoms with Crippen molar-refractivity contribution in [3.05, 3.63) is 56.3 Å². The molecule has 0 radical (unpaired) electrons. The number of carbonyl (C=O) groups is 5. The fourth-order valence-electron chi connectivity index (χ4n) is 11.5. The lowest BCUT2D eigenvalue weighted by atomic mass is 9.77. The number of aryl methyl sites for hydroxylation is 2. The highest BCUT2D eigenvalue weighted by molar-refractivity contribution is 6.52. The molecule has 4 aliphatic heterocycles. The Labute approximate surface area is 375 Å². The number of rotatable bonds is 11. The van der Waals surface area contributed by atoms with E-state index < -0.39 is 35.9 Å². The smallest absolute Gasteiger partial charge is 0.407 e. The Bertz CT molecular complexity index is 2390. The number of Topliss-reactive ketones (excluding diaryl/α,β-unsaturated/α-hetero) is 1. The van der Waals surface area contributed by atoms with E-state index in [9.17, 15) is 29.1 Å². The molecule has 4 amide bonds. The van der Waals surface area contributed by atoms with Crippen LogP contribution < -0.4 is 46.4 Å². The summed E-state index contributed by atoms with van der Waals surface area (Å²) < 4.78 is 13.6. The van der Waals surface area contributed by atoms with Gasteiger partial charge in [0.05, 0.1) is 24.2 Å². The SMILES string of the molecule is CC(CC(=O)Nc1c(C2=C([O-])/C(=c3/cc4c5c(c3NC(=O)CC(C)OC(=O)NC3CCCCC3)CCC[N+]=5CCC4)C2=O)cc2c3c1CCCN3CCC2)OC(=O)NC1CCCCC1. The summed E-state index contributed by atoms with van der Waals surface area (Å²) in [6.07, 6.45) is 14.1. The van der Waals surface area contributed by atoms with E-state index in [1.165, 1.54) is 0 Å². The van der Waals surface area contributed by atoms with Crippen molar-refractivity contribution < 1.29 is 38.6 Å². The van der Waals surface area contributed by atoms with Crippen LogP contribution in [-0.2, 0) is 49.5 Å². The van der Waals surface area contributed by atoms with Crippen molar-refractivity contribution in [2.75, 3.05) is 41.7 Å². The number of allylic oxidation sites excluding steroid dienone is 2. The van der Waals surface area contributed by atoms with Crippen LogP contribution in [0.5, 0.6) is 0 Å². The van der Waals surface area contributed by atoms with E-state index in [0.29, 0.717) is 35.0 Å². The zero-order valence-electron chi connectivity index (χ0n) is 37.6. The Morgan fingerprint density at radius 2 is 1.23 bits per heavy atom. The van der Waals surface area contributed by atoms with Gasteiger partial charge in [-0.05, 0) is 101 Å². The van der Waals surface area contributed by atoms with E-state index in [1.54, 1.807) is 13.8 Å². The van der Waals surface area contributed by atoms with Crippen molar-refractivity contribution >= 4 is 58.0 Å². The second-order valence-electron chi connectivity index (χ2n) is 19.3. The van der Waals surface area contributed by atoms with Gasteiger partial charge in [-0.25, -0.2) is 14.2 Å². The number of hydrogen-bond acceptors (Lipinski definition) is 9. The summed E-state index contributed by atoms with van der Waals surface area (Å²) in [6.45, 7) is 6.96. The minimum atomic E-state index is -0.708. The Hall–Kier alpha value is -5.40. The molecule has 2 aromatic rings. The summed E-state index contributed by atoms with van der Waals surface area (Å²) in [5.74, 6) is -1.59. The average Bonchev–Trinajstić information content (AvgIpc) is 3.27. The Kier molecular flexibility index (Phi) is 13.0. The molecule has 7 aliphatic rings. The second kappa shape index (κ2) is 19.0. The fourth-order valence-corrected chi connectivity index (χ4v) is 11.5. The summed E-state index contributed by atoms with van der Waals surface area (Å²) >= 11 is 0. The maximum atomic E-state index is 14.8. The van der Waals surface area contributed by atoms with Gasteiger partial charge in [-0.3, -0.25) is 14.4 Å². The first-order chi connectivity index (χ1) is 31.0. The monoisotopic (exact) mass is 876 g/mol. The molecule has 64 heavy (non-hydrogen) atoms. The summed E-state index contributed by atoms with van der Waals surface area (Å²) in [7, 11) is 0. The molecule has 0 aromatic heterocycles. The van der Waals surface area contributed by atoms with Gasteiger partial charge in [-0.1, -0.05) is 44.3 Å². The van der Waals surface area contributed by atoms with Gasteiger partial charge < -0.3 is 40.7 Å². The van der Waals surface area contributed by atoms with E-state index in [1.807, 2.05) is 12.1 Å². The molecular weight excluding hydrogens is 813 g/mol. The molecule has 9 rings (SSSR count). The highest BCUT2D eigenvalue weighted by Gasteiger charge is 2.37. The number of benzene rings is 2. The number of alkyl carbamates (subject to hydrolysis) is 2. The Morgan fingerprint density at radius 3 is 1.84 bits per heavy atom. The molecule has 2 unspecified atom stereocenters. The average molecular weight is 877 g/mol. The van der Waals surface area contributed by atoms with Crippen LogP contribution in [0.1, 0.15) is 144 Å². The van der Waals surface area contributed by atoms with Crippen molar-refractivity contribution in [2.45, 2.75) is 167 Å². The van der Waals surface area contributed by atoms with E-state index >= 15 is 0 Å². The number of hydrogen-bond donors (Lipinski definition) is 4. The van der Waals surface area contributed by atoms with Crippen LogP contribution in [0.2, 0.25) is 0 Å². The summed E-state index contributed by atoms with van der Waals surface area (Å²) in [5, 5.41) is 28.4. The first kappa shape index (κ1) is 43.8. The molecule has 14 nitrogen and oxygen atoms in total. The van der Waals surface area contributed by atoms with Crippen LogP contribution in [0.4, 0.5) is 26.7 Å². The third kappa shape index (κ3) is 9.11. The van der Waals surface area contributed by atoms with Crippen LogP contribution in [0.15, 0.2) is 17.9 Å². The van der Waals surface area contributed by atoms with Crippen LogP contribution in [-0.4, -0.2) is 80.3 Å². The molecule has 2 atom stereocenters. The standard InChI is InChI=1S/C50H64N6O8/c1-29(63-49(61)51-33-15-5-3-6-16-33)25-39(57)53-43-35-19-11-23-55-21-9-13-31(45(35)55)27-37(43)41-47(59)42(48(41)60)38-28-32-14-10-22-56-24-12-20-36(46(32)56)44(38)54-40(58)26-30(2)64-50(62)52-34-17-7-4-8-18-34/h27-30,33-34H,3-26H2,1-2H3,(H4,51,52,53,54,57,58,59,60,61,62). The van der Waals surface area contributed by atoms with Crippen LogP contribution in [0.3, 0.4) is 0 Å². The number of ketones is 1. The third-order valence-electron chi connectivity index (χ3n) is 14.4. The van der Waals surface area contributed by atoms with Gasteiger partial charge in [0, 0.05) is 76.8 Å². The highest BCUT2D eigenvalue weighted by Crippen LogP contribution is 2.47. The van der Waals surface area contributed by atoms with E-state index in [2.05, 4.69) is 30.7 Å². The number of amides is 4. The first-order valence-electron chi connectivity index (χ1n) is 24.3. The zero-order chi connectivity index (χ0) is 44.5. The Balaban J connectivity index is 1.04. The maximum absolute atomic E-state index is 14.8. The second-order valence-corrected chi connectivity index (χ2v) is 19.3.